The maximum absolute atomic E-state index is 14.2. The van der Waals surface area contributed by atoms with Crippen molar-refractivity contribution in [2.45, 2.75) is 26.8 Å². The highest BCUT2D eigenvalue weighted by Gasteiger charge is 2.16. The zero-order valence-corrected chi connectivity index (χ0v) is 12.6. The quantitative estimate of drug-likeness (QED) is 0.536. The third-order valence-corrected chi connectivity index (χ3v) is 3.44. The Hall–Kier alpha value is -2.08. The van der Waals surface area contributed by atoms with E-state index in [9.17, 15) is 4.39 Å². The normalized spacial score (nSPS) is 11.5. The van der Waals surface area contributed by atoms with Gasteiger partial charge in [-0.3, -0.25) is 0 Å². The number of hydrogen-bond donors (Lipinski definition) is 0. The maximum Gasteiger partial charge on any atom is 0.241 e. The summed E-state index contributed by atoms with van der Waals surface area (Å²) in [5, 5.41) is 0.107. The van der Waals surface area contributed by atoms with Gasteiger partial charge in [0.25, 0.3) is 0 Å². The molecular weight excluding hydrogens is 293 g/mol. The molecule has 0 spiro atoms. The number of aromatic nitrogens is 5. The van der Waals surface area contributed by atoms with Gasteiger partial charge in [0.15, 0.2) is 0 Å². The summed E-state index contributed by atoms with van der Waals surface area (Å²) < 4.78 is 16.1. The number of hydrogen-bond acceptors (Lipinski definition) is 4. The summed E-state index contributed by atoms with van der Waals surface area (Å²) in [4.78, 5) is 16.1. The van der Waals surface area contributed by atoms with Crippen LogP contribution >= 0.6 is 11.6 Å². The molecule has 3 rings (SSSR count). The second-order valence-electron chi connectivity index (χ2n) is 5.08. The minimum absolute atomic E-state index is 0.107. The van der Waals surface area contributed by atoms with Crippen LogP contribution in [-0.4, -0.2) is 24.5 Å². The maximum atomic E-state index is 14.2. The Morgan fingerprint density at radius 3 is 2.71 bits per heavy atom. The molecular formula is C14H13ClFN5. The Balaban J connectivity index is 2.28. The van der Waals surface area contributed by atoms with Gasteiger partial charge in [-0.2, -0.15) is 4.39 Å². The molecule has 0 amide bonds. The van der Waals surface area contributed by atoms with Crippen LogP contribution in [0.25, 0.3) is 22.4 Å². The van der Waals surface area contributed by atoms with Crippen LogP contribution in [0.3, 0.4) is 0 Å². The standard InChI is InChI=1S/C14H13ClFN5/c1-7(2)21-6-18-12-10(21)4-9(19-13(12)16)11-8(3)5-17-14(15)20-11/h4-7H,1-3H3. The molecule has 21 heavy (non-hydrogen) atoms. The molecule has 7 heteroatoms. The monoisotopic (exact) mass is 305 g/mol. The van der Waals surface area contributed by atoms with Gasteiger partial charge in [0.05, 0.1) is 23.2 Å². The van der Waals surface area contributed by atoms with Crippen LogP contribution in [-0.2, 0) is 0 Å². The Bertz CT molecular complexity index is 828. The number of aryl methyl sites for hydroxylation is 1. The minimum Gasteiger partial charge on any atom is -0.328 e. The molecule has 0 aliphatic carbocycles. The Labute approximate surface area is 125 Å². The molecule has 5 nitrogen and oxygen atoms in total. The number of nitrogens with zero attached hydrogens (tertiary/aromatic N) is 5. The van der Waals surface area contributed by atoms with Crippen LogP contribution in [0.2, 0.25) is 5.28 Å². The first kappa shape index (κ1) is 13.9. The van der Waals surface area contributed by atoms with Gasteiger partial charge in [0.2, 0.25) is 11.2 Å². The van der Waals surface area contributed by atoms with E-state index in [1.54, 1.807) is 18.6 Å². The van der Waals surface area contributed by atoms with E-state index in [4.69, 9.17) is 11.6 Å². The van der Waals surface area contributed by atoms with Gasteiger partial charge < -0.3 is 4.57 Å². The first-order chi connectivity index (χ1) is 9.97. The zero-order chi connectivity index (χ0) is 15.1. The van der Waals surface area contributed by atoms with Crippen LogP contribution in [0.15, 0.2) is 18.6 Å². The number of fused-ring (bicyclic) bond motifs is 1. The van der Waals surface area contributed by atoms with Gasteiger partial charge in [0, 0.05) is 12.2 Å². The summed E-state index contributed by atoms with van der Waals surface area (Å²) in [6, 6.07) is 1.94. The predicted molar refractivity (Wildman–Crippen MR) is 78.6 cm³/mol. The molecule has 0 N–H and O–H groups in total. The summed E-state index contributed by atoms with van der Waals surface area (Å²) >= 11 is 5.82. The lowest BCUT2D eigenvalue weighted by atomic mass is 10.1. The first-order valence-corrected chi connectivity index (χ1v) is 6.87. The lowest BCUT2D eigenvalue weighted by Crippen LogP contribution is -2.01. The van der Waals surface area contributed by atoms with Crippen molar-refractivity contribution in [1.82, 2.24) is 24.5 Å². The van der Waals surface area contributed by atoms with E-state index < -0.39 is 5.95 Å². The van der Waals surface area contributed by atoms with Crippen molar-refractivity contribution >= 4 is 22.6 Å². The van der Waals surface area contributed by atoms with Gasteiger partial charge in [0.1, 0.15) is 5.52 Å². The molecule has 0 radical (unpaired) electrons. The van der Waals surface area contributed by atoms with Gasteiger partial charge in [-0.1, -0.05) is 0 Å². The molecule has 0 fully saturated rings. The van der Waals surface area contributed by atoms with E-state index in [-0.39, 0.29) is 16.8 Å². The van der Waals surface area contributed by atoms with Crippen LogP contribution in [0, 0.1) is 12.9 Å². The van der Waals surface area contributed by atoms with Crippen molar-refractivity contribution in [2.24, 2.45) is 0 Å². The van der Waals surface area contributed by atoms with E-state index in [1.807, 2.05) is 25.3 Å². The SMILES string of the molecule is Cc1cnc(Cl)nc1-c1cc2c(ncn2C(C)C)c(F)n1. The topological polar surface area (TPSA) is 56.5 Å². The molecule has 0 aromatic carbocycles. The average Bonchev–Trinajstić information content (AvgIpc) is 2.86. The molecule has 0 unspecified atom stereocenters. The van der Waals surface area contributed by atoms with Gasteiger partial charge in [-0.05, 0) is 44.0 Å². The highest BCUT2D eigenvalue weighted by molar-refractivity contribution is 6.28. The molecule has 0 saturated carbocycles. The molecule has 3 aromatic heterocycles. The molecule has 3 aromatic rings. The molecule has 3 heterocycles. The van der Waals surface area contributed by atoms with Gasteiger partial charge in [-0.15, -0.1) is 0 Å². The molecule has 0 aliphatic rings. The molecule has 108 valence electrons. The second kappa shape index (κ2) is 5.04. The van der Waals surface area contributed by atoms with Crippen molar-refractivity contribution in [3.8, 4) is 11.4 Å². The number of rotatable bonds is 2. The highest BCUT2D eigenvalue weighted by Crippen LogP contribution is 2.26. The van der Waals surface area contributed by atoms with E-state index in [0.29, 0.717) is 16.9 Å². The Morgan fingerprint density at radius 2 is 2.00 bits per heavy atom. The molecule has 0 atom stereocenters. The van der Waals surface area contributed by atoms with Crippen molar-refractivity contribution in [1.29, 1.82) is 0 Å². The molecule has 0 bridgehead atoms. The van der Waals surface area contributed by atoms with Crippen LogP contribution < -0.4 is 0 Å². The van der Waals surface area contributed by atoms with E-state index in [2.05, 4.69) is 19.9 Å². The number of halogens is 2. The second-order valence-corrected chi connectivity index (χ2v) is 5.42. The predicted octanol–water partition coefficient (Wildman–Crippen LogP) is 3.57. The largest absolute Gasteiger partial charge is 0.328 e. The van der Waals surface area contributed by atoms with E-state index in [1.165, 1.54) is 0 Å². The zero-order valence-electron chi connectivity index (χ0n) is 11.8. The summed E-state index contributed by atoms with van der Waals surface area (Å²) in [5.41, 5.74) is 2.66. The van der Waals surface area contributed by atoms with Crippen molar-refractivity contribution in [2.75, 3.05) is 0 Å². The van der Waals surface area contributed by atoms with E-state index in [0.717, 1.165) is 5.56 Å². The Morgan fingerprint density at radius 1 is 1.24 bits per heavy atom. The van der Waals surface area contributed by atoms with E-state index >= 15 is 0 Å². The fourth-order valence-corrected chi connectivity index (χ4v) is 2.34. The Kier molecular flexibility index (Phi) is 3.33. The summed E-state index contributed by atoms with van der Waals surface area (Å²) in [6.07, 6.45) is 3.21. The highest BCUT2D eigenvalue weighted by atomic mass is 35.5. The number of pyridine rings is 1. The van der Waals surface area contributed by atoms with Crippen molar-refractivity contribution in [3.63, 3.8) is 0 Å². The lowest BCUT2D eigenvalue weighted by molar-refractivity contribution is 0.594. The minimum atomic E-state index is -0.615. The summed E-state index contributed by atoms with van der Waals surface area (Å²) in [7, 11) is 0. The molecule has 0 saturated heterocycles. The summed E-state index contributed by atoms with van der Waals surface area (Å²) in [6.45, 7) is 5.84. The van der Waals surface area contributed by atoms with Crippen LogP contribution in [0.5, 0.6) is 0 Å². The van der Waals surface area contributed by atoms with Gasteiger partial charge in [-0.25, -0.2) is 19.9 Å². The third kappa shape index (κ3) is 2.35. The fourth-order valence-electron chi connectivity index (χ4n) is 2.21. The van der Waals surface area contributed by atoms with Crippen molar-refractivity contribution < 1.29 is 4.39 Å². The third-order valence-electron chi connectivity index (χ3n) is 3.26. The average molecular weight is 306 g/mol. The first-order valence-electron chi connectivity index (χ1n) is 6.50. The summed E-state index contributed by atoms with van der Waals surface area (Å²) in [5.74, 6) is -0.615. The molecule has 0 aliphatic heterocycles. The van der Waals surface area contributed by atoms with Crippen LogP contribution in [0.1, 0.15) is 25.5 Å². The van der Waals surface area contributed by atoms with Crippen LogP contribution in [0.4, 0.5) is 4.39 Å². The number of imidazole rings is 1. The van der Waals surface area contributed by atoms with Crippen molar-refractivity contribution in [3.05, 3.63) is 35.4 Å². The van der Waals surface area contributed by atoms with Gasteiger partial charge >= 0.3 is 0 Å². The lowest BCUT2D eigenvalue weighted by Gasteiger charge is -2.09. The fraction of sp³-hybridized carbons (Fsp3) is 0.286. The smallest absolute Gasteiger partial charge is 0.241 e.